The minimum absolute atomic E-state index is 0.00221. The van der Waals surface area contributed by atoms with Gasteiger partial charge < -0.3 is 5.32 Å². The standard InChI is InChI=1S/C27H30F6N2O3S/c1-15(28)39(37,38)35-26-19(7-16(13-27(26)5-6-27)8-24(36)34-14-23(31)32)9-17-3-2-4-22(25(17)33)18-10-20(29)12-21(30)11-18/h2-4,10-12,15-16,19,23,26,35H,5-9,13-14H2,1H3,(H,34,36)/t15?,16?,19-,26+/m0/s1. The normalized spacial score (nSPS) is 23.1. The first-order valence-corrected chi connectivity index (χ1v) is 14.3. The Kier molecular flexibility index (Phi) is 8.65. The molecule has 0 saturated heterocycles. The van der Waals surface area contributed by atoms with E-state index in [4.69, 9.17) is 0 Å². The number of nitrogens with one attached hydrogen (secondary N) is 2. The number of amides is 1. The molecule has 0 radical (unpaired) electrons. The number of hydrogen-bond donors (Lipinski definition) is 2. The summed E-state index contributed by atoms with van der Waals surface area (Å²) in [5, 5.41) is 2.18. The van der Waals surface area contributed by atoms with E-state index in [1.54, 1.807) is 0 Å². The molecule has 0 heterocycles. The highest BCUT2D eigenvalue weighted by atomic mass is 32.2. The Morgan fingerprint density at radius 3 is 2.33 bits per heavy atom. The lowest BCUT2D eigenvalue weighted by molar-refractivity contribution is -0.123. The van der Waals surface area contributed by atoms with Gasteiger partial charge in [-0.15, -0.1) is 0 Å². The molecule has 2 N–H and O–H groups in total. The predicted octanol–water partition coefficient (Wildman–Crippen LogP) is 5.49. The van der Waals surface area contributed by atoms with Crippen LogP contribution in [0.3, 0.4) is 0 Å². The number of hydrogen-bond acceptors (Lipinski definition) is 3. The maximum absolute atomic E-state index is 15.7. The van der Waals surface area contributed by atoms with Crippen LogP contribution in [0.5, 0.6) is 0 Å². The Hall–Kier alpha value is -2.60. The molecule has 4 rings (SSSR count). The van der Waals surface area contributed by atoms with Gasteiger partial charge >= 0.3 is 0 Å². The van der Waals surface area contributed by atoms with Crippen molar-refractivity contribution in [1.82, 2.24) is 10.0 Å². The fraction of sp³-hybridized carbons (Fsp3) is 0.519. The van der Waals surface area contributed by atoms with Gasteiger partial charge in [-0.25, -0.2) is 39.5 Å². The summed E-state index contributed by atoms with van der Waals surface area (Å²) in [7, 11) is -4.34. The van der Waals surface area contributed by atoms with Crippen molar-refractivity contribution in [2.24, 2.45) is 17.3 Å². The third-order valence-corrected chi connectivity index (χ3v) is 9.17. The zero-order valence-electron chi connectivity index (χ0n) is 21.2. The van der Waals surface area contributed by atoms with Crippen molar-refractivity contribution < 1.29 is 39.6 Å². The zero-order chi connectivity index (χ0) is 28.5. The molecule has 0 bridgehead atoms. The Bertz CT molecular complexity index is 1300. The van der Waals surface area contributed by atoms with Gasteiger partial charge in [-0.05, 0) is 79.5 Å². The topological polar surface area (TPSA) is 75.3 Å². The number of sulfonamides is 1. The Labute approximate surface area is 223 Å². The first-order chi connectivity index (χ1) is 18.3. The van der Waals surface area contributed by atoms with E-state index < -0.39 is 69.2 Å². The highest BCUT2D eigenvalue weighted by Crippen LogP contribution is 2.60. The van der Waals surface area contributed by atoms with Crippen LogP contribution in [-0.2, 0) is 21.2 Å². The van der Waals surface area contributed by atoms with Crippen molar-refractivity contribution in [3.05, 3.63) is 59.4 Å². The van der Waals surface area contributed by atoms with Crippen molar-refractivity contribution in [2.45, 2.75) is 63.4 Å². The van der Waals surface area contributed by atoms with Crippen molar-refractivity contribution >= 4 is 15.9 Å². The molecule has 1 amide bonds. The van der Waals surface area contributed by atoms with Crippen LogP contribution in [0.15, 0.2) is 36.4 Å². The van der Waals surface area contributed by atoms with Crippen LogP contribution in [0.2, 0.25) is 0 Å². The molecule has 39 heavy (non-hydrogen) atoms. The van der Waals surface area contributed by atoms with E-state index in [-0.39, 0.29) is 41.9 Å². The fourth-order valence-corrected chi connectivity index (χ4v) is 6.84. The second kappa shape index (κ2) is 11.5. The second-order valence-corrected chi connectivity index (χ2v) is 12.6. The third-order valence-electron chi connectivity index (χ3n) is 7.74. The van der Waals surface area contributed by atoms with Gasteiger partial charge in [-0.1, -0.05) is 18.2 Å². The zero-order valence-corrected chi connectivity index (χ0v) is 22.0. The lowest BCUT2D eigenvalue weighted by Gasteiger charge is -2.43. The molecule has 2 saturated carbocycles. The second-order valence-electron chi connectivity index (χ2n) is 10.7. The van der Waals surface area contributed by atoms with E-state index in [0.717, 1.165) is 19.1 Å². The highest BCUT2D eigenvalue weighted by Gasteiger charge is 2.57. The molecule has 2 unspecified atom stereocenters. The smallest absolute Gasteiger partial charge is 0.255 e. The summed E-state index contributed by atoms with van der Waals surface area (Å²) in [5.74, 6) is -3.89. The van der Waals surface area contributed by atoms with Crippen LogP contribution in [0.25, 0.3) is 11.1 Å². The minimum atomic E-state index is -4.34. The average molecular weight is 577 g/mol. The predicted molar refractivity (Wildman–Crippen MR) is 133 cm³/mol. The van der Waals surface area contributed by atoms with Crippen molar-refractivity contribution in [3.8, 4) is 11.1 Å². The van der Waals surface area contributed by atoms with Crippen molar-refractivity contribution in [3.63, 3.8) is 0 Å². The van der Waals surface area contributed by atoms with E-state index in [0.29, 0.717) is 25.3 Å². The van der Waals surface area contributed by atoms with Gasteiger partial charge in [0.05, 0.1) is 6.54 Å². The van der Waals surface area contributed by atoms with Gasteiger partial charge in [0.2, 0.25) is 21.4 Å². The van der Waals surface area contributed by atoms with E-state index in [1.165, 1.54) is 18.2 Å². The molecular formula is C27H30F6N2O3S. The summed E-state index contributed by atoms with van der Waals surface area (Å²) in [5.41, 5.74) is -2.64. The first-order valence-electron chi connectivity index (χ1n) is 12.7. The molecular weight excluding hydrogens is 546 g/mol. The number of carbonyl (C=O) groups is 1. The van der Waals surface area contributed by atoms with Crippen LogP contribution in [0.1, 0.15) is 44.6 Å². The fourth-order valence-electron chi connectivity index (χ4n) is 5.85. The van der Waals surface area contributed by atoms with Gasteiger partial charge in [0.25, 0.3) is 6.43 Å². The molecule has 4 atom stereocenters. The maximum atomic E-state index is 15.7. The number of alkyl halides is 3. The van der Waals surface area contributed by atoms with Crippen molar-refractivity contribution in [1.29, 1.82) is 0 Å². The molecule has 2 aliphatic carbocycles. The molecule has 12 heteroatoms. The maximum Gasteiger partial charge on any atom is 0.255 e. The summed E-state index contributed by atoms with van der Waals surface area (Å²) in [6.07, 6.45) is -0.849. The van der Waals surface area contributed by atoms with E-state index in [2.05, 4.69) is 10.0 Å². The van der Waals surface area contributed by atoms with Crippen LogP contribution < -0.4 is 10.0 Å². The SMILES string of the molecule is CC(F)S(=O)(=O)N[C@@H]1[C@H](Cc2cccc(-c3cc(F)cc(F)c3)c2F)CC(CC(=O)NCC(F)F)CC12CC2. The number of carbonyl (C=O) groups excluding carboxylic acids is 1. The van der Waals surface area contributed by atoms with Crippen LogP contribution in [-0.4, -0.2) is 38.8 Å². The summed E-state index contributed by atoms with van der Waals surface area (Å²) >= 11 is 0. The lowest BCUT2D eigenvalue weighted by atomic mass is 9.67. The minimum Gasteiger partial charge on any atom is -0.350 e. The van der Waals surface area contributed by atoms with Gasteiger partial charge in [0, 0.05) is 24.1 Å². The molecule has 2 aliphatic rings. The summed E-state index contributed by atoms with van der Waals surface area (Å²) < 4.78 is 110. The molecule has 0 aromatic heterocycles. The Balaban J connectivity index is 1.64. The molecule has 5 nitrogen and oxygen atoms in total. The lowest BCUT2D eigenvalue weighted by Crippen LogP contribution is -2.52. The third kappa shape index (κ3) is 6.95. The molecule has 2 aromatic rings. The van der Waals surface area contributed by atoms with E-state index in [1.807, 2.05) is 0 Å². The van der Waals surface area contributed by atoms with Crippen LogP contribution in [0.4, 0.5) is 26.3 Å². The number of halogens is 6. The number of benzene rings is 2. The van der Waals surface area contributed by atoms with E-state index in [9.17, 15) is 35.2 Å². The molecule has 0 aliphatic heterocycles. The van der Waals surface area contributed by atoms with Gasteiger partial charge in [-0.2, -0.15) is 0 Å². The quantitative estimate of drug-likeness (QED) is 0.367. The van der Waals surface area contributed by atoms with E-state index >= 15 is 4.39 Å². The van der Waals surface area contributed by atoms with Gasteiger partial charge in [0.15, 0.2) is 0 Å². The Morgan fingerprint density at radius 1 is 1.08 bits per heavy atom. The van der Waals surface area contributed by atoms with Crippen LogP contribution in [0, 0.1) is 34.7 Å². The summed E-state index contributed by atoms with van der Waals surface area (Å²) in [6, 6.07) is 6.30. The molecule has 2 fully saturated rings. The summed E-state index contributed by atoms with van der Waals surface area (Å²) in [6.45, 7) is 0.118. The summed E-state index contributed by atoms with van der Waals surface area (Å²) in [4.78, 5) is 12.3. The molecule has 1 spiro atoms. The average Bonchev–Trinajstić information content (AvgIpc) is 3.60. The molecule has 214 valence electrons. The van der Waals surface area contributed by atoms with Crippen LogP contribution >= 0.6 is 0 Å². The first kappa shape index (κ1) is 29.4. The van der Waals surface area contributed by atoms with Gasteiger partial charge in [0.1, 0.15) is 17.5 Å². The number of rotatable bonds is 10. The Morgan fingerprint density at radius 2 is 1.74 bits per heavy atom. The monoisotopic (exact) mass is 576 g/mol. The molecule has 2 aromatic carbocycles. The largest absolute Gasteiger partial charge is 0.350 e. The van der Waals surface area contributed by atoms with Gasteiger partial charge in [-0.3, -0.25) is 4.79 Å². The van der Waals surface area contributed by atoms with Crippen molar-refractivity contribution in [2.75, 3.05) is 6.54 Å². The highest BCUT2D eigenvalue weighted by molar-refractivity contribution is 7.89.